The molecule has 0 saturated carbocycles. The molecule has 0 aliphatic carbocycles. The summed E-state index contributed by atoms with van der Waals surface area (Å²) in [5, 5.41) is 7.32. The van der Waals surface area contributed by atoms with Crippen LogP contribution in [-0.2, 0) is 4.79 Å². The zero-order chi connectivity index (χ0) is 14.8. The van der Waals surface area contributed by atoms with E-state index in [0.29, 0.717) is 23.7 Å². The standard InChI is InChI=1S/C16H22ClN3O.ClH/c1-11-8-12(17)2-5-15(11)19-16(21)10-20-7-6-13-3-4-14(9-20)18-13;/h2,5,8,13-14,18H,3-4,6-7,9-10H2,1H3,(H,19,21);1H. The quantitative estimate of drug-likeness (QED) is 0.886. The fourth-order valence-electron chi connectivity index (χ4n) is 3.32. The summed E-state index contributed by atoms with van der Waals surface area (Å²) in [5.41, 5.74) is 1.84. The summed E-state index contributed by atoms with van der Waals surface area (Å²) in [4.78, 5) is 14.5. The largest absolute Gasteiger partial charge is 0.325 e. The minimum absolute atomic E-state index is 0. The lowest BCUT2D eigenvalue weighted by Crippen LogP contribution is -2.39. The third-order valence-electron chi connectivity index (χ3n) is 4.44. The Hall–Kier alpha value is -0.810. The second-order valence-corrected chi connectivity index (χ2v) is 6.61. The lowest BCUT2D eigenvalue weighted by Gasteiger charge is -2.23. The molecule has 22 heavy (non-hydrogen) atoms. The summed E-state index contributed by atoms with van der Waals surface area (Å²) in [5.74, 6) is 0.0539. The number of likely N-dealkylation sites (tertiary alicyclic amines) is 1. The highest BCUT2D eigenvalue weighted by Crippen LogP contribution is 2.21. The minimum atomic E-state index is 0. The summed E-state index contributed by atoms with van der Waals surface area (Å²) in [7, 11) is 0. The fraction of sp³-hybridized carbons (Fsp3) is 0.562. The molecule has 2 atom stereocenters. The minimum Gasteiger partial charge on any atom is -0.325 e. The van der Waals surface area contributed by atoms with Crippen LogP contribution >= 0.6 is 24.0 Å². The van der Waals surface area contributed by atoms with Crippen LogP contribution in [0.5, 0.6) is 0 Å². The molecule has 0 aromatic heterocycles. The molecule has 1 aromatic rings. The van der Waals surface area contributed by atoms with E-state index in [2.05, 4.69) is 15.5 Å². The molecule has 3 rings (SSSR count). The number of hydrogen-bond donors (Lipinski definition) is 2. The van der Waals surface area contributed by atoms with Gasteiger partial charge in [0.15, 0.2) is 0 Å². The average molecular weight is 344 g/mol. The van der Waals surface area contributed by atoms with Crippen LogP contribution in [0.1, 0.15) is 24.8 Å². The first-order chi connectivity index (χ1) is 10.1. The van der Waals surface area contributed by atoms with Crippen LogP contribution in [0.2, 0.25) is 5.02 Å². The van der Waals surface area contributed by atoms with Crippen LogP contribution in [0.25, 0.3) is 0 Å². The zero-order valence-corrected chi connectivity index (χ0v) is 14.3. The summed E-state index contributed by atoms with van der Waals surface area (Å²) >= 11 is 5.94. The molecule has 2 saturated heterocycles. The van der Waals surface area contributed by atoms with Gasteiger partial charge in [-0.1, -0.05) is 11.6 Å². The molecular weight excluding hydrogens is 321 g/mol. The molecule has 2 bridgehead atoms. The van der Waals surface area contributed by atoms with Gasteiger partial charge >= 0.3 is 0 Å². The summed E-state index contributed by atoms with van der Waals surface area (Å²) < 4.78 is 0. The SMILES string of the molecule is Cc1cc(Cl)ccc1NC(=O)CN1CCC2CCC(C1)N2.Cl. The van der Waals surface area contributed by atoms with Gasteiger partial charge in [0.1, 0.15) is 0 Å². The number of nitrogens with one attached hydrogen (secondary N) is 2. The van der Waals surface area contributed by atoms with Crippen LogP contribution in [0.3, 0.4) is 0 Å². The molecule has 2 unspecified atom stereocenters. The van der Waals surface area contributed by atoms with E-state index in [4.69, 9.17) is 11.6 Å². The molecule has 4 nitrogen and oxygen atoms in total. The van der Waals surface area contributed by atoms with Crippen LogP contribution in [-0.4, -0.2) is 42.5 Å². The molecule has 2 aliphatic rings. The monoisotopic (exact) mass is 343 g/mol. The van der Waals surface area contributed by atoms with Gasteiger partial charge < -0.3 is 10.6 Å². The summed E-state index contributed by atoms with van der Waals surface area (Å²) in [6.45, 7) is 4.40. The Morgan fingerprint density at radius 2 is 2.14 bits per heavy atom. The number of hydrogen-bond acceptors (Lipinski definition) is 3. The first-order valence-corrected chi connectivity index (χ1v) is 8.02. The van der Waals surface area contributed by atoms with Crippen molar-refractivity contribution < 1.29 is 4.79 Å². The van der Waals surface area contributed by atoms with E-state index in [0.717, 1.165) is 30.8 Å². The smallest absolute Gasteiger partial charge is 0.238 e. The van der Waals surface area contributed by atoms with Crippen molar-refractivity contribution in [3.63, 3.8) is 0 Å². The highest BCUT2D eigenvalue weighted by Gasteiger charge is 2.29. The first kappa shape index (κ1) is 17.5. The van der Waals surface area contributed by atoms with Crippen LogP contribution in [0.4, 0.5) is 5.69 Å². The molecule has 2 aliphatic heterocycles. The Morgan fingerprint density at radius 3 is 2.91 bits per heavy atom. The van der Waals surface area contributed by atoms with Crippen molar-refractivity contribution in [1.82, 2.24) is 10.2 Å². The number of rotatable bonds is 3. The molecule has 122 valence electrons. The number of fused-ring (bicyclic) bond motifs is 2. The Labute approximate surface area is 143 Å². The first-order valence-electron chi connectivity index (χ1n) is 7.64. The van der Waals surface area contributed by atoms with Crippen molar-refractivity contribution in [2.75, 3.05) is 25.0 Å². The van der Waals surface area contributed by atoms with E-state index in [1.54, 1.807) is 6.07 Å². The van der Waals surface area contributed by atoms with Crippen molar-refractivity contribution in [1.29, 1.82) is 0 Å². The lowest BCUT2D eigenvalue weighted by atomic mass is 10.1. The van der Waals surface area contributed by atoms with Gasteiger partial charge in [-0.05, 0) is 49.9 Å². The van der Waals surface area contributed by atoms with Gasteiger partial charge in [0.2, 0.25) is 5.91 Å². The lowest BCUT2D eigenvalue weighted by molar-refractivity contribution is -0.117. The van der Waals surface area contributed by atoms with Gasteiger partial charge in [0.05, 0.1) is 6.54 Å². The van der Waals surface area contributed by atoms with Gasteiger partial charge in [-0.25, -0.2) is 0 Å². The number of benzene rings is 1. The number of anilines is 1. The van der Waals surface area contributed by atoms with Crippen molar-refractivity contribution >= 4 is 35.6 Å². The van der Waals surface area contributed by atoms with Crippen molar-refractivity contribution in [2.45, 2.75) is 38.3 Å². The number of amides is 1. The molecule has 0 radical (unpaired) electrons. The second-order valence-electron chi connectivity index (χ2n) is 6.17. The maximum absolute atomic E-state index is 12.2. The van der Waals surface area contributed by atoms with Gasteiger partial charge in [0, 0.05) is 35.9 Å². The Morgan fingerprint density at radius 1 is 1.36 bits per heavy atom. The molecule has 0 spiro atoms. The van der Waals surface area contributed by atoms with Gasteiger partial charge in [0.25, 0.3) is 0 Å². The molecular formula is C16H23Cl2N3O. The van der Waals surface area contributed by atoms with E-state index in [1.165, 1.54) is 12.8 Å². The molecule has 2 N–H and O–H groups in total. The predicted molar refractivity (Wildman–Crippen MR) is 93.1 cm³/mol. The van der Waals surface area contributed by atoms with E-state index in [9.17, 15) is 4.79 Å². The number of carbonyl (C=O) groups excluding carboxylic acids is 1. The van der Waals surface area contributed by atoms with E-state index in [-0.39, 0.29) is 18.3 Å². The number of nitrogens with zero attached hydrogens (tertiary/aromatic N) is 1. The molecule has 2 heterocycles. The number of aryl methyl sites for hydroxylation is 1. The zero-order valence-electron chi connectivity index (χ0n) is 12.8. The van der Waals surface area contributed by atoms with E-state index < -0.39 is 0 Å². The Bertz CT molecular complexity index is 538. The normalized spacial score (nSPS) is 24.5. The number of carbonyl (C=O) groups is 1. The maximum Gasteiger partial charge on any atom is 0.238 e. The molecule has 1 amide bonds. The molecule has 2 fully saturated rings. The third kappa shape index (κ3) is 4.35. The van der Waals surface area contributed by atoms with E-state index in [1.807, 2.05) is 19.1 Å². The van der Waals surface area contributed by atoms with Gasteiger partial charge in [-0.15, -0.1) is 12.4 Å². The number of halogens is 2. The molecule has 6 heteroatoms. The highest BCUT2D eigenvalue weighted by atomic mass is 35.5. The molecule has 1 aromatic carbocycles. The summed E-state index contributed by atoms with van der Waals surface area (Å²) in [6.07, 6.45) is 3.66. The van der Waals surface area contributed by atoms with Crippen molar-refractivity contribution in [3.05, 3.63) is 28.8 Å². The topological polar surface area (TPSA) is 44.4 Å². The highest BCUT2D eigenvalue weighted by molar-refractivity contribution is 6.30. The average Bonchev–Trinajstić information content (AvgIpc) is 2.76. The van der Waals surface area contributed by atoms with Crippen LogP contribution < -0.4 is 10.6 Å². The van der Waals surface area contributed by atoms with E-state index >= 15 is 0 Å². The van der Waals surface area contributed by atoms with Crippen LogP contribution in [0.15, 0.2) is 18.2 Å². The van der Waals surface area contributed by atoms with Gasteiger partial charge in [-0.3, -0.25) is 9.69 Å². The van der Waals surface area contributed by atoms with Crippen molar-refractivity contribution in [3.8, 4) is 0 Å². The maximum atomic E-state index is 12.2. The van der Waals surface area contributed by atoms with Crippen molar-refractivity contribution in [2.24, 2.45) is 0 Å². The third-order valence-corrected chi connectivity index (χ3v) is 4.67. The van der Waals surface area contributed by atoms with Crippen LogP contribution in [0, 0.1) is 6.92 Å². The fourth-order valence-corrected chi connectivity index (χ4v) is 3.55. The summed E-state index contributed by atoms with van der Waals surface area (Å²) in [6, 6.07) is 6.75. The second kappa shape index (κ2) is 7.64. The Kier molecular flexibility index (Phi) is 6.09. The van der Waals surface area contributed by atoms with Gasteiger partial charge in [-0.2, -0.15) is 0 Å². The Balaban J connectivity index is 0.00000176. The predicted octanol–water partition coefficient (Wildman–Crippen LogP) is 2.84.